The van der Waals surface area contributed by atoms with Crippen molar-refractivity contribution in [2.45, 2.75) is 31.6 Å². The molecule has 31 heavy (non-hydrogen) atoms. The normalized spacial score (nSPS) is 20.0. The van der Waals surface area contributed by atoms with Gasteiger partial charge in [0.05, 0.1) is 10.6 Å². The molecule has 3 rings (SSSR count). The van der Waals surface area contributed by atoms with E-state index in [0.29, 0.717) is 9.80 Å². The lowest BCUT2D eigenvalue weighted by atomic mass is 9.93. The van der Waals surface area contributed by atoms with Crippen LogP contribution in [0.4, 0.5) is 32.2 Å². The van der Waals surface area contributed by atoms with Crippen LogP contribution >= 0.6 is 11.6 Å². The number of hydrogen-bond donors (Lipinski definition) is 0. The van der Waals surface area contributed by atoms with Crippen molar-refractivity contribution in [3.8, 4) is 0 Å². The van der Waals surface area contributed by atoms with Gasteiger partial charge < -0.3 is 4.90 Å². The lowest BCUT2D eigenvalue weighted by molar-refractivity contribution is -0.161. The summed E-state index contributed by atoms with van der Waals surface area (Å²) in [5, 5.41) is -0.0995. The molecule has 1 atom stereocenters. The van der Waals surface area contributed by atoms with Crippen LogP contribution in [0.3, 0.4) is 0 Å². The van der Waals surface area contributed by atoms with Gasteiger partial charge in [-0.2, -0.15) is 13.2 Å². The Morgan fingerprint density at radius 3 is 2.32 bits per heavy atom. The Hall–Kier alpha value is -2.82. The molecule has 0 bridgehead atoms. The first-order valence-corrected chi connectivity index (χ1v) is 9.11. The molecule has 0 aliphatic carbocycles. The molecule has 0 unspecified atom stereocenters. The number of halogens is 7. The highest BCUT2D eigenvalue weighted by Crippen LogP contribution is 2.35. The molecule has 0 saturated carbocycles. The van der Waals surface area contributed by atoms with Gasteiger partial charge in [0, 0.05) is 12.7 Å². The number of anilines is 1. The van der Waals surface area contributed by atoms with E-state index in [1.807, 2.05) is 0 Å². The number of carbonyl (C=O) groups is 2. The minimum atomic E-state index is -4.59. The van der Waals surface area contributed by atoms with E-state index in [2.05, 4.69) is 4.98 Å². The van der Waals surface area contributed by atoms with Crippen molar-refractivity contribution in [3.63, 3.8) is 0 Å². The van der Waals surface area contributed by atoms with Gasteiger partial charge in [-0.1, -0.05) is 23.7 Å². The second-order valence-corrected chi connectivity index (χ2v) is 7.41. The van der Waals surface area contributed by atoms with Gasteiger partial charge in [-0.05, 0) is 30.7 Å². The van der Waals surface area contributed by atoms with Gasteiger partial charge in [0.2, 0.25) is 5.91 Å². The fourth-order valence-corrected chi connectivity index (χ4v) is 3.31. The summed E-state index contributed by atoms with van der Waals surface area (Å²) in [4.78, 5) is 30.3. The SMILES string of the molecule is C[C@]1(C(F)F)C(=O)N(c2ncc(Cl)cc2F)CC(=O)N1Cc1ccc(C(F)(F)F)cc1. The summed E-state index contributed by atoms with van der Waals surface area (Å²) in [5.41, 5.74) is -3.55. The van der Waals surface area contributed by atoms with Crippen LogP contribution < -0.4 is 4.90 Å². The Labute approximate surface area is 177 Å². The molecule has 12 heteroatoms. The van der Waals surface area contributed by atoms with Crippen molar-refractivity contribution < 1.29 is 35.9 Å². The van der Waals surface area contributed by atoms with E-state index < -0.39 is 60.2 Å². The van der Waals surface area contributed by atoms with E-state index in [1.165, 1.54) is 0 Å². The molecule has 1 aliphatic heterocycles. The minimum absolute atomic E-state index is 0.0995. The molecule has 2 aromatic rings. The van der Waals surface area contributed by atoms with Crippen LogP contribution in [-0.2, 0) is 22.3 Å². The molecule has 0 N–H and O–H groups in total. The van der Waals surface area contributed by atoms with Crippen LogP contribution in [0.5, 0.6) is 0 Å². The monoisotopic (exact) mass is 465 g/mol. The smallest absolute Gasteiger partial charge is 0.317 e. The fourth-order valence-electron chi connectivity index (χ4n) is 3.16. The minimum Gasteiger partial charge on any atom is -0.317 e. The second-order valence-electron chi connectivity index (χ2n) is 6.97. The molecular formula is C19H14ClF6N3O2. The Morgan fingerprint density at radius 1 is 1.19 bits per heavy atom. The predicted octanol–water partition coefficient (Wildman–Crippen LogP) is 4.29. The number of piperazine rings is 1. The number of carbonyl (C=O) groups excluding carboxylic acids is 2. The van der Waals surface area contributed by atoms with Gasteiger partial charge in [0.15, 0.2) is 17.2 Å². The molecule has 1 aromatic heterocycles. The summed E-state index contributed by atoms with van der Waals surface area (Å²) in [7, 11) is 0. The van der Waals surface area contributed by atoms with Gasteiger partial charge in [0.1, 0.15) is 6.54 Å². The van der Waals surface area contributed by atoms with Crippen molar-refractivity contribution in [2.75, 3.05) is 11.4 Å². The van der Waals surface area contributed by atoms with Gasteiger partial charge in [-0.3, -0.25) is 14.5 Å². The second kappa shape index (κ2) is 8.03. The summed E-state index contributed by atoms with van der Waals surface area (Å²) in [6, 6.07) is 4.35. The maximum Gasteiger partial charge on any atom is 0.416 e. The van der Waals surface area contributed by atoms with Gasteiger partial charge >= 0.3 is 6.18 Å². The molecule has 0 spiro atoms. The number of amides is 2. The highest BCUT2D eigenvalue weighted by Gasteiger charge is 2.56. The van der Waals surface area contributed by atoms with Crippen LogP contribution in [0.1, 0.15) is 18.1 Å². The predicted molar refractivity (Wildman–Crippen MR) is 98.0 cm³/mol. The van der Waals surface area contributed by atoms with Gasteiger partial charge in [0.25, 0.3) is 12.3 Å². The molecule has 1 saturated heterocycles. The number of pyridine rings is 1. The van der Waals surface area contributed by atoms with E-state index in [1.54, 1.807) is 0 Å². The third kappa shape index (κ3) is 4.18. The van der Waals surface area contributed by atoms with Crippen LogP contribution in [0.25, 0.3) is 0 Å². The number of hydrogen-bond acceptors (Lipinski definition) is 3. The third-order valence-corrected chi connectivity index (χ3v) is 5.13. The Bertz CT molecular complexity index is 1010. The molecule has 166 valence electrons. The third-order valence-electron chi connectivity index (χ3n) is 4.92. The first-order chi connectivity index (χ1) is 14.4. The maximum atomic E-state index is 14.2. The average molecular weight is 466 g/mol. The Morgan fingerprint density at radius 2 is 1.81 bits per heavy atom. The van der Waals surface area contributed by atoms with E-state index in [9.17, 15) is 35.9 Å². The zero-order valence-electron chi connectivity index (χ0n) is 15.8. The van der Waals surface area contributed by atoms with E-state index >= 15 is 0 Å². The van der Waals surface area contributed by atoms with Crippen molar-refractivity contribution >= 4 is 29.2 Å². The standard InChI is InChI=1S/C19H14ClF6N3O2/c1-18(16(22)23)17(31)28(15-13(21)6-12(20)7-27-15)9-14(30)29(18)8-10-2-4-11(5-3-10)19(24,25)26/h2-7,16H,8-9H2,1H3/t18-/m0/s1. The topological polar surface area (TPSA) is 53.5 Å². The van der Waals surface area contributed by atoms with Crippen molar-refractivity contribution in [2.24, 2.45) is 0 Å². The lowest BCUT2D eigenvalue weighted by Crippen LogP contribution is -2.70. The van der Waals surface area contributed by atoms with E-state index in [0.717, 1.165) is 43.5 Å². The van der Waals surface area contributed by atoms with Crippen molar-refractivity contribution in [1.29, 1.82) is 0 Å². The van der Waals surface area contributed by atoms with E-state index in [-0.39, 0.29) is 10.6 Å². The quantitative estimate of drug-likeness (QED) is 0.633. The van der Waals surface area contributed by atoms with Crippen LogP contribution in [0.2, 0.25) is 5.02 Å². The number of nitrogens with zero attached hydrogens (tertiary/aromatic N) is 3. The summed E-state index contributed by atoms with van der Waals surface area (Å²) in [6.07, 6.45) is -6.98. The fraction of sp³-hybridized carbons (Fsp3) is 0.316. The summed E-state index contributed by atoms with van der Waals surface area (Å²) in [6.45, 7) is -0.525. The summed E-state index contributed by atoms with van der Waals surface area (Å²) < 4.78 is 80.5. The number of benzene rings is 1. The first kappa shape index (κ1) is 22.9. The molecule has 1 aliphatic rings. The highest BCUT2D eigenvalue weighted by atomic mass is 35.5. The average Bonchev–Trinajstić information content (AvgIpc) is 2.68. The zero-order chi connectivity index (χ0) is 23.1. The summed E-state index contributed by atoms with van der Waals surface area (Å²) in [5.74, 6) is -3.97. The molecule has 1 aromatic carbocycles. The largest absolute Gasteiger partial charge is 0.416 e. The highest BCUT2D eigenvalue weighted by molar-refractivity contribution is 6.30. The van der Waals surface area contributed by atoms with Crippen LogP contribution in [0.15, 0.2) is 36.5 Å². The number of aromatic nitrogens is 1. The number of alkyl halides is 5. The van der Waals surface area contributed by atoms with Crippen LogP contribution in [-0.4, -0.2) is 40.2 Å². The lowest BCUT2D eigenvalue weighted by Gasteiger charge is -2.46. The molecule has 2 amide bonds. The van der Waals surface area contributed by atoms with Gasteiger partial charge in [-0.25, -0.2) is 18.2 Å². The van der Waals surface area contributed by atoms with Crippen molar-refractivity contribution in [1.82, 2.24) is 9.88 Å². The van der Waals surface area contributed by atoms with Crippen LogP contribution in [0, 0.1) is 5.82 Å². The van der Waals surface area contributed by atoms with Gasteiger partial charge in [-0.15, -0.1) is 0 Å². The van der Waals surface area contributed by atoms with E-state index in [4.69, 9.17) is 11.6 Å². The molecule has 1 fully saturated rings. The molecule has 0 radical (unpaired) electrons. The number of rotatable bonds is 4. The first-order valence-electron chi connectivity index (χ1n) is 8.73. The zero-order valence-corrected chi connectivity index (χ0v) is 16.5. The Balaban J connectivity index is 1.95. The Kier molecular flexibility index (Phi) is 5.92. The summed E-state index contributed by atoms with van der Waals surface area (Å²) >= 11 is 5.61. The molecule has 2 heterocycles. The molecule has 5 nitrogen and oxygen atoms in total. The molecular weight excluding hydrogens is 452 g/mol. The van der Waals surface area contributed by atoms with Crippen molar-refractivity contribution in [3.05, 3.63) is 58.5 Å². The maximum absolute atomic E-state index is 14.2.